The number of aromatic nitrogens is 2. The molecule has 1 fully saturated rings. The second-order valence-corrected chi connectivity index (χ2v) is 7.75. The molecule has 164 valence electrons. The summed E-state index contributed by atoms with van der Waals surface area (Å²) in [7, 11) is -3.67. The van der Waals surface area contributed by atoms with Gasteiger partial charge in [-0.05, 0) is 12.8 Å². The van der Waals surface area contributed by atoms with E-state index in [-0.39, 0.29) is 30.8 Å². The molecular weight excluding hydrogens is 396 g/mol. The molecule has 0 aromatic carbocycles. The number of aliphatic hydroxyl groups is 1. The van der Waals surface area contributed by atoms with E-state index in [0.717, 1.165) is 5.92 Å². The third kappa shape index (κ3) is 13.4. The molecule has 10 N–H and O–H groups in total. The highest BCUT2D eigenvalue weighted by atomic mass is 32.3. The summed E-state index contributed by atoms with van der Waals surface area (Å²) in [4.78, 5) is 20.0. The van der Waals surface area contributed by atoms with Crippen LogP contribution in [0.25, 0.3) is 0 Å². The van der Waals surface area contributed by atoms with Crippen molar-refractivity contribution in [2.75, 3.05) is 0 Å². The number of amides is 1. The summed E-state index contributed by atoms with van der Waals surface area (Å²) in [5.41, 5.74) is 9.73. The maximum Gasteiger partial charge on any atom is 0.325 e. The van der Waals surface area contributed by atoms with Gasteiger partial charge in [0.25, 0.3) is 0 Å². The molecule has 2 unspecified atom stereocenters. The fourth-order valence-electron chi connectivity index (χ4n) is 1.35. The summed E-state index contributed by atoms with van der Waals surface area (Å²) < 4.78 is 28.5. The zero-order valence-electron chi connectivity index (χ0n) is 16.0. The first-order chi connectivity index (χ1) is 12.9. The molecule has 1 saturated carbocycles. The third-order valence-corrected chi connectivity index (χ3v) is 4.14. The van der Waals surface area contributed by atoms with Gasteiger partial charge in [-0.3, -0.25) is 18.7 Å². The maximum atomic E-state index is 10.8. The van der Waals surface area contributed by atoms with Crippen molar-refractivity contribution in [3.05, 3.63) is 11.8 Å². The van der Waals surface area contributed by atoms with Crippen molar-refractivity contribution < 1.29 is 33.3 Å². The topological polar surface area (TPSA) is 230 Å². The lowest BCUT2D eigenvalue weighted by Crippen LogP contribution is -2.48. The summed E-state index contributed by atoms with van der Waals surface area (Å²) in [5.74, 6) is -0.445. The van der Waals surface area contributed by atoms with Crippen molar-refractivity contribution in [3.8, 4) is 0 Å². The smallest absolute Gasteiger partial charge is 0.325 e. The Morgan fingerprint density at radius 1 is 1.32 bits per heavy atom. The first-order valence-electron chi connectivity index (χ1n) is 8.36. The van der Waals surface area contributed by atoms with Crippen molar-refractivity contribution in [1.82, 2.24) is 19.6 Å². The molecule has 0 spiro atoms. The van der Waals surface area contributed by atoms with Gasteiger partial charge in [0.1, 0.15) is 6.04 Å². The average Bonchev–Trinajstić information content (AvgIpc) is 3.21. The standard InChI is InChI=1S/C8H17N5O6S.C4H8.C2H5NO/c1-4(14)7(8(15)16)13-20(17,18)10-3-6-12-11-5(2-9)19-6;1-4-2-3-4;1-2(3)4/h4,7,10,13-14,17-18H,2-3,9H2,1H3,(H,15,16);4H,2-3H2,1H3;1H3,(H2,3,4). The lowest BCUT2D eigenvalue weighted by molar-refractivity contribution is -0.141. The Hall–Kier alpha value is -1.81. The number of carbonyl (C=O) groups excluding carboxylic acids is 1. The lowest BCUT2D eigenvalue weighted by Gasteiger charge is -2.35. The number of carboxylic acids is 1. The monoisotopic (exact) mass is 426 g/mol. The average molecular weight is 426 g/mol. The number of nitrogens with one attached hydrogen (secondary N) is 2. The number of aliphatic carboxylic acids is 1. The van der Waals surface area contributed by atoms with Gasteiger partial charge in [-0.25, -0.2) is 0 Å². The summed E-state index contributed by atoms with van der Waals surface area (Å²) in [6.45, 7) is 4.62. The highest BCUT2D eigenvalue weighted by Gasteiger charge is 2.28. The van der Waals surface area contributed by atoms with E-state index >= 15 is 0 Å². The molecule has 14 heteroatoms. The van der Waals surface area contributed by atoms with Crippen LogP contribution < -0.4 is 20.9 Å². The Kier molecular flexibility index (Phi) is 11.8. The summed E-state index contributed by atoms with van der Waals surface area (Å²) in [6, 6.07) is -1.55. The summed E-state index contributed by atoms with van der Waals surface area (Å²) in [6.07, 6.45) is 1.65. The molecule has 0 aliphatic heterocycles. The minimum absolute atomic E-state index is 0.0462. The molecule has 1 amide bonds. The van der Waals surface area contributed by atoms with Gasteiger partial charge in [-0.1, -0.05) is 30.7 Å². The van der Waals surface area contributed by atoms with Crippen LogP contribution in [0, 0.1) is 5.92 Å². The van der Waals surface area contributed by atoms with Crippen LogP contribution in [-0.2, 0) is 22.7 Å². The van der Waals surface area contributed by atoms with Crippen molar-refractivity contribution in [2.45, 2.75) is 58.8 Å². The molecule has 1 aromatic rings. The Balaban J connectivity index is 0.000000754. The van der Waals surface area contributed by atoms with Gasteiger partial charge in [0, 0.05) is 6.92 Å². The molecule has 0 saturated heterocycles. The molecule has 1 aromatic heterocycles. The number of hydrogen-bond donors (Lipinski definition) is 8. The fraction of sp³-hybridized carbons (Fsp3) is 0.714. The number of carbonyl (C=O) groups is 2. The van der Waals surface area contributed by atoms with E-state index in [0.29, 0.717) is 0 Å². The van der Waals surface area contributed by atoms with Gasteiger partial charge in [0.2, 0.25) is 17.7 Å². The first kappa shape index (κ1) is 26.2. The van der Waals surface area contributed by atoms with E-state index in [1.54, 1.807) is 0 Å². The predicted molar refractivity (Wildman–Crippen MR) is 101 cm³/mol. The van der Waals surface area contributed by atoms with Crippen LogP contribution in [0.1, 0.15) is 45.4 Å². The number of rotatable bonds is 8. The molecule has 13 nitrogen and oxygen atoms in total. The van der Waals surface area contributed by atoms with Gasteiger partial charge < -0.3 is 26.1 Å². The van der Waals surface area contributed by atoms with Gasteiger partial charge in [-0.2, -0.15) is 9.44 Å². The van der Waals surface area contributed by atoms with Crippen molar-refractivity contribution in [3.63, 3.8) is 0 Å². The van der Waals surface area contributed by atoms with E-state index in [1.165, 1.54) is 26.7 Å². The molecule has 0 bridgehead atoms. The van der Waals surface area contributed by atoms with Crippen molar-refractivity contribution in [2.24, 2.45) is 17.4 Å². The van der Waals surface area contributed by atoms with Crippen LogP contribution in [0.2, 0.25) is 0 Å². The Bertz CT molecular complexity index is 605. The van der Waals surface area contributed by atoms with Crippen LogP contribution in [0.3, 0.4) is 0 Å². The molecular formula is C14H30N6O7S. The van der Waals surface area contributed by atoms with E-state index in [1.807, 2.05) is 4.72 Å². The van der Waals surface area contributed by atoms with E-state index in [4.69, 9.17) is 15.3 Å². The summed E-state index contributed by atoms with van der Waals surface area (Å²) in [5, 5.41) is 25.2. The number of primary amides is 1. The molecule has 28 heavy (non-hydrogen) atoms. The number of nitrogens with zero attached hydrogens (tertiary/aromatic N) is 2. The number of carboxylic acid groups (broad SMARTS) is 1. The fourth-order valence-corrected chi connectivity index (χ4v) is 2.41. The summed E-state index contributed by atoms with van der Waals surface area (Å²) >= 11 is 0. The molecule has 1 heterocycles. The zero-order valence-corrected chi connectivity index (χ0v) is 16.8. The zero-order chi connectivity index (χ0) is 21.9. The molecule has 1 aliphatic carbocycles. The SMILES string of the molecule is CC(N)=O.CC(O)C(NS(O)(O)NCc1nnc(CN)o1)C(=O)O.CC1CC1. The Morgan fingerprint density at radius 3 is 2.11 bits per heavy atom. The van der Waals surface area contributed by atoms with Crippen molar-refractivity contribution in [1.29, 1.82) is 0 Å². The number of aliphatic hydroxyl groups excluding tert-OH is 1. The van der Waals surface area contributed by atoms with Gasteiger partial charge >= 0.3 is 5.97 Å². The highest BCUT2D eigenvalue weighted by molar-refractivity contribution is 8.21. The third-order valence-electron chi connectivity index (χ3n) is 3.01. The minimum Gasteiger partial charge on any atom is -0.480 e. The van der Waals surface area contributed by atoms with Crippen molar-refractivity contribution >= 4 is 22.8 Å². The number of hydrogen-bond acceptors (Lipinski definition) is 11. The highest BCUT2D eigenvalue weighted by Crippen LogP contribution is 2.29. The second kappa shape index (κ2) is 12.6. The van der Waals surface area contributed by atoms with E-state index < -0.39 is 29.1 Å². The van der Waals surface area contributed by atoms with Gasteiger partial charge in [0.15, 0.2) is 0 Å². The van der Waals surface area contributed by atoms with Gasteiger partial charge in [-0.15, -0.1) is 10.2 Å². The van der Waals surface area contributed by atoms with E-state index in [9.17, 15) is 23.8 Å². The molecule has 2 atom stereocenters. The predicted octanol–water partition coefficient (Wildman–Crippen LogP) is -0.470. The largest absolute Gasteiger partial charge is 0.480 e. The van der Waals surface area contributed by atoms with Crippen LogP contribution in [0.15, 0.2) is 4.42 Å². The first-order valence-corrected chi connectivity index (χ1v) is 9.91. The minimum atomic E-state index is -3.67. The Labute approximate surface area is 164 Å². The quantitative estimate of drug-likeness (QED) is 0.263. The maximum absolute atomic E-state index is 10.8. The second-order valence-electron chi connectivity index (χ2n) is 6.13. The van der Waals surface area contributed by atoms with Crippen LogP contribution in [-0.4, -0.2) is 53.5 Å². The molecule has 0 radical (unpaired) electrons. The van der Waals surface area contributed by atoms with E-state index in [2.05, 4.69) is 27.6 Å². The lowest BCUT2D eigenvalue weighted by atomic mass is 10.2. The normalized spacial score (nSPS) is 16.0. The van der Waals surface area contributed by atoms with Crippen LogP contribution >= 0.6 is 11.0 Å². The van der Waals surface area contributed by atoms with Crippen LogP contribution in [0.4, 0.5) is 0 Å². The molecule has 1 aliphatic rings. The number of nitrogens with two attached hydrogens (primary N) is 2. The van der Waals surface area contributed by atoms with Gasteiger partial charge in [0.05, 0.1) is 19.2 Å². The Morgan fingerprint density at radius 2 is 1.79 bits per heavy atom. The van der Waals surface area contributed by atoms with Crippen LogP contribution in [0.5, 0.6) is 0 Å². The molecule has 2 rings (SSSR count).